The molecule has 1 atom stereocenters. The number of rotatable bonds is 2. The van der Waals surface area contributed by atoms with Crippen molar-refractivity contribution in [2.45, 2.75) is 33.1 Å². The normalized spacial score (nSPS) is 24.0. The maximum absolute atomic E-state index is 4.02. The van der Waals surface area contributed by atoms with Crippen molar-refractivity contribution >= 4 is 0 Å². The molecule has 0 aromatic rings. The van der Waals surface area contributed by atoms with Crippen molar-refractivity contribution in [1.82, 2.24) is 0 Å². The highest BCUT2D eigenvalue weighted by Crippen LogP contribution is 2.32. The zero-order valence-corrected chi connectivity index (χ0v) is 8.19. The van der Waals surface area contributed by atoms with Gasteiger partial charge in [0.1, 0.15) is 0 Å². The van der Waals surface area contributed by atoms with Crippen LogP contribution < -0.4 is 0 Å². The summed E-state index contributed by atoms with van der Waals surface area (Å²) in [7, 11) is 0. The summed E-state index contributed by atoms with van der Waals surface area (Å²) in [6.07, 6.45) is 5.64. The van der Waals surface area contributed by atoms with Gasteiger partial charge in [0.2, 0.25) is 0 Å². The van der Waals surface area contributed by atoms with Gasteiger partial charge in [-0.1, -0.05) is 30.4 Å². The topological polar surface area (TPSA) is 0 Å². The lowest BCUT2D eigenvalue weighted by Gasteiger charge is -2.24. The Kier molecular flexibility index (Phi) is 2.91. The lowest BCUT2D eigenvalue weighted by molar-refractivity contribution is 0.526. The fraction of sp³-hybridized carbons (Fsp3) is 0.500. The molecule has 0 heteroatoms. The molecule has 0 aliphatic heterocycles. The van der Waals surface area contributed by atoms with Crippen molar-refractivity contribution < 1.29 is 0 Å². The van der Waals surface area contributed by atoms with Gasteiger partial charge in [0, 0.05) is 0 Å². The lowest BCUT2D eigenvalue weighted by atomic mass is 9.81. The largest absolute Gasteiger partial charge is 0.0998 e. The summed E-state index contributed by atoms with van der Waals surface area (Å²) >= 11 is 0. The van der Waals surface area contributed by atoms with Gasteiger partial charge in [-0.3, -0.25) is 0 Å². The van der Waals surface area contributed by atoms with Crippen molar-refractivity contribution in [3.05, 3.63) is 36.0 Å². The average Bonchev–Trinajstić information content (AvgIpc) is 2.04. The van der Waals surface area contributed by atoms with Gasteiger partial charge < -0.3 is 0 Å². The van der Waals surface area contributed by atoms with Crippen LogP contribution in [0.5, 0.6) is 0 Å². The van der Waals surface area contributed by atoms with E-state index in [0.29, 0.717) is 5.92 Å². The SMILES string of the molecule is C=CC1=C(C)CC(C(=C)C)CC1. The van der Waals surface area contributed by atoms with E-state index in [4.69, 9.17) is 0 Å². The minimum atomic E-state index is 0.716. The highest BCUT2D eigenvalue weighted by Gasteiger charge is 2.17. The third kappa shape index (κ3) is 1.88. The molecule has 0 fully saturated rings. The van der Waals surface area contributed by atoms with Crippen molar-refractivity contribution in [1.29, 1.82) is 0 Å². The highest BCUT2D eigenvalue weighted by molar-refractivity contribution is 5.27. The predicted octanol–water partition coefficient (Wildman–Crippen LogP) is 3.87. The number of allylic oxidation sites excluding steroid dienone is 4. The first-order valence-electron chi connectivity index (χ1n) is 4.61. The molecule has 0 nitrogen and oxygen atoms in total. The molecular formula is C12H18. The molecular weight excluding hydrogens is 144 g/mol. The van der Waals surface area contributed by atoms with E-state index in [-0.39, 0.29) is 0 Å². The van der Waals surface area contributed by atoms with Crippen LogP contribution in [-0.4, -0.2) is 0 Å². The summed E-state index contributed by atoms with van der Waals surface area (Å²) in [5.74, 6) is 0.716. The maximum Gasteiger partial charge on any atom is -0.0168 e. The first-order chi connectivity index (χ1) is 5.65. The quantitative estimate of drug-likeness (QED) is 0.541. The Hall–Kier alpha value is -0.780. The minimum Gasteiger partial charge on any atom is -0.0998 e. The summed E-state index contributed by atoms with van der Waals surface area (Å²) in [5, 5.41) is 0. The molecule has 0 radical (unpaired) electrons. The Morgan fingerprint density at radius 2 is 2.25 bits per heavy atom. The van der Waals surface area contributed by atoms with E-state index in [0.717, 1.165) is 0 Å². The van der Waals surface area contributed by atoms with E-state index in [1.54, 1.807) is 0 Å². The second-order valence-corrected chi connectivity index (χ2v) is 3.80. The van der Waals surface area contributed by atoms with Crippen LogP contribution in [0.4, 0.5) is 0 Å². The zero-order valence-electron chi connectivity index (χ0n) is 8.19. The second kappa shape index (κ2) is 3.75. The highest BCUT2D eigenvalue weighted by atomic mass is 14.2. The van der Waals surface area contributed by atoms with Gasteiger partial charge in [0.25, 0.3) is 0 Å². The van der Waals surface area contributed by atoms with Gasteiger partial charge in [0.05, 0.1) is 0 Å². The molecule has 1 rings (SSSR count). The number of hydrogen-bond donors (Lipinski definition) is 0. The van der Waals surface area contributed by atoms with Crippen LogP contribution in [0.3, 0.4) is 0 Å². The molecule has 66 valence electrons. The molecule has 0 aromatic heterocycles. The third-order valence-corrected chi connectivity index (χ3v) is 2.81. The maximum atomic E-state index is 4.02. The van der Waals surface area contributed by atoms with Crippen molar-refractivity contribution in [3.8, 4) is 0 Å². The van der Waals surface area contributed by atoms with Crippen LogP contribution in [0.2, 0.25) is 0 Å². The summed E-state index contributed by atoms with van der Waals surface area (Å²) in [6, 6.07) is 0. The summed E-state index contributed by atoms with van der Waals surface area (Å²) in [6.45, 7) is 12.2. The molecule has 0 spiro atoms. The summed E-state index contributed by atoms with van der Waals surface area (Å²) in [5.41, 5.74) is 4.29. The molecule has 0 amide bonds. The molecule has 0 bridgehead atoms. The van der Waals surface area contributed by atoms with Crippen LogP contribution in [0, 0.1) is 5.92 Å². The van der Waals surface area contributed by atoms with Crippen LogP contribution in [0.25, 0.3) is 0 Å². The molecule has 0 heterocycles. The fourth-order valence-electron chi connectivity index (χ4n) is 1.84. The molecule has 0 N–H and O–H groups in total. The van der Waals surface area contributed by atoms with Gasteiger partial charge >= 0.3 is 0 Å². The van der Waals surface area contributed by atoms with Crippen LogP contribution in [0.1, 0.15) is 33.1 Å². The zero-order chi connectivity index (χ0) is 9.14. The van der Waals surface area contributed by atoms with E-state index >= 15 is 0 Å². The van der Waals surface area contributed by atoms with Crippen LogP contribution in [-0.2, 0) is 0 Å². The third-order valence-electron chi connectivity index (χ3n) is 2.81. The molecule has 0 saturated heterocycles. The Morgan fingerprint density at radius 3 is 2.67 bits per heavy atom. The smallest absolute Gasteiger partial charge is 0.0168 e. The van der Waals surface area contributed by atoms with Gasteiger partial charge in [-0.25, -0.2) is 0 Å². The first kappa shape index (κ1) is 9.31. The minimum absolute atomic E-state index is 0.716. The Morgan fingerprint density at radius 1 is 1.58 bits per heavy atom. The average molecular weight is 162 g/mol. The first-order valence-corrected chi connectivity index (χ1v) is 4.61. The number of hydrogen-bond acceptors (Lipinski definition) is 0. The predicted molar refractivity (Wildman–Crippen MR) is 55.1 cm³/mol. The fourth-order valence-corrected chi connectivity index (χ4v) is 1.84. The Labute approximate surface area is 75.7 Å². The summed E-state index contributed by atoms with van der Waals surface area (Å²) in [4.78, 5) is 0. The van der Waals surface area contributed by atoms with Gasteiger partial charge in [0.15, 0.2) is 0 Å². The van der Waals surface area contributed by atoms with E-state index in [1.165, 1.54) is 36.0 Å². The van der Waals surface area contributed by atoms with E-state index in [2.05, 4.69) is 27.0 Å². The molecule has 0 aromatic carbocycles. The monoisotopic (exact) mass is 162 g/mol. The molecule has 1 unspecified atom stereocenters. The van der Waals surface area contributed by atoms with Crippen molar-refractivity contribution in [3.63, 3.8) is 0 Å². The van der Waals surface area contributed by atoms with Crippen molar-refractivity contribution in [2.24, 2.45) is 5.92 Å². The molecule has 0 saturated carbocycles. The standard InChI is InChI=1S/C12H18/c1-5-11-6-7-12(9(2)3)8-10(11)4/h5,12H,1-2,6-8H2,3-4H3. The van der Waals surface area contributed by atoms with Crippen LogP contribution in [0.15, 0.2) is 36.0 Å². The van der Waals surface area contributed by atoms with Gasteiger partial charge in [-0.15, -0.1) is 0 Å². The van der Waals surface area contributed by atoms with Gasteiger partial charge in [-0.05, 0) is 44.6 Å². The van der Waals surface area contributed by atoms with E-state index < -0.39 is 0 Å². The van der Waals surface area contributed by atoms with Crippen molar-refractivity contribution in [2.75, 3.05) is 0 Å². The second-order valence-electron chi connectivity index (χ2n) is 3.80. The van der Waals surface area contributed by atoms with E-state index in [9.17, 15) is 0 Å². The Balaban J connectivity index is 2.71. The Bertz CT molecular complexity index is 230. The summed E-state index contributed by atoms with van der Waals surface area (Å²) < 4.78 is 0. The molecule has 1 aliphatic carbocycles. The molecule has 1 aliphatic rings. The van der Waals surface area contributed by atoms with E-state index in [1.807, 2.05) is 6.08 Å². The lowest BCUT2D eigenvalue weighted by Crippen LogP contribution is -2.09. The van der Waals surface area contributed by atoms with Gasteiger partial charge in [-0.2, -0.15) is 0 Å². The van der Waals surface area contributed by atoms with Crippen LogP contribution >= 0.6 is 0 Å². The molecule has 12 heavy (non-hydrogen) atoms.